The molecule has 0 heterocycles. The van der Waals surface area contributed by atoms with E-state index in [0.717, 1.165) is 0 Å². The second kappa shape index (κ2) is 4.21. The minimum absolute atomic E-state index is 0.119. The highest BCUT2D eigenvalue weighted by atomic mass is 16.5. The van der Waals surface area contributed by atoms with Crippen LogP contribution in [0.25, 0.3) is 0 Å². The zero-order valence-corrected chi connectivity index (χ0v) is 4.66. The van der Waals surface area contributed by atoms with E-state index in [2.05, 4.69) is 0 Å². The lowest BCUT2D eigenvalue weighted by Gasteiger charge is -2.07. The van der Waals surface area contributed by atoms with Gasteiger partial charge in [0.1, 0.15) is 6.04 Å². The molecule has 0 aliphatic carbocycles. The van der Waals surface area contributed by atoms with Crippen LogP contribution in [0, 0.1) is 0 Å². The quantitative estimate of drug-likeness (QED) is 0.281. The number of carbonyl (C=O) groups is 1. The van der Waals surface area contributed by atoms with Gasteiger partial charge in [-0.05, 0) is 0 Å². The van der Waals surface area contributed by atoms with Crippen molar-refractivity contribution in [2.24, 2.45) is 5.73 Å². The first kappa shape index (κ1) is 8.31. The summed E-state index contributed by atoms with van der Waals surface area (Å²) in [6.45, 7) is -0.119. The molecule has 6 heteroatoms. The van der Waals surface area contributed by atoms with Crippen molar-refractivity contribution in [1.82, 2.24) is 11.0 Å². The van der Waals surface area contributed by atoms with Crippen LogP contribution in [0.4, 0.5) is 0 Å². The van der Waals surface area contributed by atoms with Gasteiger partial charge in [-0.15, -0.1) is 0 Å². The van der Waals surface area contributed by atoms with E-state index in [-0.39, 0.29) is 6.54 Å². The van der Waals surface area contributed by atoms with Crippen LogP contribution >= 0.6 is 0 Å². The molecule has 0 unspecified atom stereocenters. The Morgan fingerprint density at radius 2 is 2.22 bits per heavy atom. The monoisotopic (exact) mass is 135 g/mol. The molecule has 0 aliphatic rings. The summed E-state index contributed by atoms with van der Waals surface area (Å²) in [5.41, 5.74) is 8.00. The summed E-state index contributed by atoms with van der Waals surface area (Å²) in [6.07, 6.45) is 0. The van der Waals surface area contributed by atoms with Crippen molar-refractivity contribution < 1.29 is 15.2 Å². The third kappa shape index (κ3) is 2.98. The van der Waals surface area contributed by atoms with Crippen LogP contribution in [0.2, 0.25) is 0 Å². The average molecular weight is 135 g/mol. The highest BCUT2D eigenvalue weighted by molar-refractivity contribution is 5.79. The van der Waals surface area contributed by atoms with Gasteiger partial charge in [0.05, 0.1) is 0 Å². The maximum atomic E-state index is 10.2. The maximum absolute atomic E-state index is 10.2. The molecule has 0 rings (SSSR count). The maximum Gasteiger partial charge on any atom is 0.238 e. The molecule has 6 nitrogen and oxygen atoms in total. The molecule has 1 amide bonds. The third-order valence-corrected chi connectivity index (χ3v) is 0.795. The fourth-order valence-corrected chi connectivity index (χ4v) is 0.301. The molecule has 0 aromatic heterocycles. The van der Waals surface area contributed by atoms with Crippen molar-refractivity contribution in [1.29, 1.82) is 0 Å². The topological polar surface area (TPSA) is 108 Å². The average Bonchev–Trinajstić information content (AvgIpc) is 1.82. The smallest absolute Gasteiger partial charge is 0.238 e. The Hall–Kier alpha value is -0.690. The molecule has 54 valence electrons. The zero-order chi connectivity index (χ0) is 7.28. The molecule has 1 atom stereocenters. The molecule has 0 fully saturated rings. The molecule has 0 aromatic rings. The van der Waals surface area contributed by atoms with E-state index in [1.54, 1.807) is 11.0 Å². The first-order valence-corrected chi connectivity index (χ1v) is 2.28. The van der Waals surface area contributed by atoms with Gasteiger partial charge < -0.3 is 16.1 Å². The Balaban J connectivity index is 3.54. The number of primary amides is 1. The summed E-state index contributed by atoms with van der Waals surface area (Å²) in [6, 6.07) is -0.949. The van der Waals surface area contributed by atoms with E-state index < -0.39 is 11.9 Å². The van der Waals surface area contributed by atoms with Crippen LogP contribution in [0.5, 0.6) is 0 Å². The lowest BCUT2D eigenvalue weighted by molar-refractivity contribution is -0.123. The van der Waals surface area contributed by atoms with Crippen molar-refractivity contribution in [2.45, 2.75) is 6.04 Å². The van der Waals surface area contributed by atoms with Crippen LogP contribution in [-0.2, 0) is 4.79 Å². The van der Waals surface area contributed by atoms with Crippen molar-refractivity contribution >= 4 is 5.91 Å². The number of amides is 1. The molecule has 0 spiro atoms. The van der Waals surface area contributed by atoms with Gasteiger partial charge in [0.25, 0.3) is 0 Å². The minimum atomic E-state index is -0.949. The summed E-state index contributed by atoms with van der Waals surface area (Å²) in [5.74, 6) is -0.737. The summed E-state index contributed by atoms with van der Waals surface area (Å²) in [5, 5.41) is 16.1. The lowest BCUT2D eigenvalue weighted by Crippen LogP contribution is -2.45. The first-order valence-electron chi connectivity index (χ1n) is 2.28. The molecule has 0 radical (unpaired) electrons. The third-order valence-electron chi connectivity index (χ3n) is 0.795. The molecule has 0 saturated carbocycles. The van der Waals surface area contributed by atoms with Gasteiger partial charge >= 0.3 is 0 Å². The molecular formula is C3H9N3O3. The van der Waals surface area contributed by atoms with Crippen LogP contribution < -0.4 is 16.7 Å². The number of rotatable bonds is 4. The Labute approximate surface area is 51.6 Å². The van der Waals surface area contributed by atoms with Gasteiger partial charge in [-0.3, -0.25) is 4.79 Å². The van der Waals surface area contributed by atoms with Crippen molar-refractivity contribution in [3.05, 3.63) is 0 Å². The predicted octanol–water partition coefficient (Wildman–Crippen LogP) is -2.20. The summed E-state index contributed by atoms with van der Waals surface area (Å²) in [4.78, 5) is 10.2. The van der Waals surface area contributed by atoms with Gasteiger partial charge in [-0.1, -0.05) is 0 Å². The van der Waals surface area contributed by atoms with Gasteiger partial charge in [0.2, 0.25) is 5.91 Å². The molecular weight excluding hydrogens is 126 g/mol. The molecule has 0 bridgehead atoms. The SMILES string of the molecule is NC(=O)[C@H](CNO)NO. The molecule has 0 aliphatic heterocycles. The van der Waals surface area contributed by atoms with E-state index in [1.807, 2.05) is 0 Å². The minimum Gasteiger partial charge on any atom is -0.368 e. The van der Waals surface area contributed by atoms with Crippen LogP contribution in [0.3, 0.4) is 0 Å². The fraction of sp³-hybridized carbons (Fsp3) is 0.667. The normalized spacial score (nSPS) is 13.1. The van der Waals surface area contributed by atoms with E-state index in [4.69, 9.17) is 16.1 Å². The highest BCUT2D eigenvalue weighted by Crippen LogP contribution is 1.74. The Morgan fingerprint density at radius 3 is 2.33 bits per heavy atom. The summed E-state index contributed by atoms with van der Waals surface area (Å²) < 4.78 is 0. The van der Waals surface area contributed by atoms with E-state index in [0.29, 0.717) is 0 Å². The van der Waals surface area contributed by atoms with Crippen LogP contribution in [0.1, 0.15) is 0 Å². The lowest BCUT2D eigenvalue weighted by atomic mass is 10.3. The Bertz CT molecular complexity index is 96.3. The number of hydrogen-bond acceptors (Lipinski definition) is 5. The summed E-state index contributed by atoms with van der Waals surface area (Å²) in [7, 11) is 0. The second-order valence-electron chi connectivity index (χ2n) is 1.45. The Kier molecular flexibility index (Phi) is 3.89. The largest absolute Gasteiger partial charge is 0.368 e. The predicted molar refractivity (Wildman–Crippen MR) is 27.7 cm³/mol. The number of nitrogens with one attached hydrogen (secondary N) is 2. The van der Waals surface area contributed by atoms with E-state index >= 15 is 0 Å². The Morgan fingerprint density at radius 1 is 1.67 bits per heavy atom. The van der Waals surface area contributed by atoms with Gasteiger partial charge in [0, 0.05) is 6.54 Å². The van der Waals surface area contributed by atoms with Crippen LogP contribution in [-0.4, -0.2) is 28.9 Å². The first-order chi connectivity index (χ1) is 4.22. The number of nitrogens with two attached hydrogens (primary N) is 1. The van der Waals surface area contributed by atoms with Gasteiger partial charge in [0.15, 0.2) is 0 Å². The zero-order valence-electron chi connectivity index (χ0n) is 4.66. The molecule has 0 aromatic carbocycles. The van der Waals surface area contributed by atoms with E-state index in [9.17, 15) is 4.79 Å². The van der Waals surface area contributed by atoms with Gasteiger partial charge in [-0.2, -0.15) is 5.48 Å². The molecule has 0 saturated heterocycles. The fourth-order valence-electron chi connectivity index (χ4n) is 0.301. The summed E-state index contributed by atoms with van der Waals surface area (Å²) >= 11 is 0. The number of hydrogen-bond donors (Lipinski definition) is 5. The standard InChI is InChI=1S/C3H9N3O3/c4-3(7)2(6-9)1-5-8/h2,5-6,8-9H,1H2,(H2,4,7)/t2-/m0/s1. The number of carbonyl (C=O) groups excluding carboxylic acids is 1. The van der Waals surface area contributed by atoms with E-state index in [1.165, 1.54) is 0 Å². The van der Waals surface area contributed by atoms with Crippen molar-refractivity contribution in [3.8, 4) is 0 Å². The molecule has 6 N–H and O–H groups in total. The van der Waals surface area contributed by atoms with Crippen molar-refractivity contribution in [2.75, 3.05) is 6.54 Å². The van der Waals surface area contributed by atoms with Crippen molar-refractivity contribution in [3.63, 3.8) is 0 Å². The second-order valence-corrected chi connectivity index (χ2v) is 1.45. The van der Waals surface area contributed by atoms with Gasteiger partial charge in [-0.25, -0.2) is 5.48 Å². The number of hydroxylamine groups is 2. The molecule has 9 heavy (non-hydrogen) atoms. The van der Waals surface area contributed by atoms with Crippen LogP contribution in [0.15, 0.2) is 0 Å². The highest BCUT2D eigenvalue weighted by Gasteiger charge is 2.11.